The molecule has 0 unspecified atom stereocenters. The van der Waals surface area contributed by atoms with Crippen LogP contribution in [0.25, 0.3) is 6.08 Å². The minimum Gasteiger partial charge on any atom is -0.462 e. The maximum Gasteiger partial charge on any atom is 0.340 e. The van der Waals surface area contributed by atoms with E-state index >= 15 is 0 Å². The van der Waals surface area contributed by atoms with Crippen LogP contribution in [0.1, 0.15) is 39.6 Å². The number of hydrogen-bond acceptors (Lipinski definition) is 4. The SMILES string of the molecule is CCCOC(=O)c1cc(Br)ccc1NC(=O)/C=C/c1ccc(C(=O)NC)cc1. The van der Waals surface area contributed by atoms with E-state index in [1.807, 2.05) is 6.92 Å². The van der Waals surface area contributed by atoms with Gasteiger partial charge in [-0.1, -0.05) is 35.0 Å². The van der Waals surface area contributed by atoms with Gasteiger partial charge >= 0.3 is 5.97 Å². The topological polar surface area (TPSA) is 84.5 Å². The van der Waals surface area contributed by atoms with Crippen molar-refractivity contribution in [1.82, 2.24) is 5.32 Å². The van der Waals surface area contributed by atoms with Crippen LogP contribution >= 0.6 is 15.9 Å². The van der Waals surface area contributed by atoms with Crippen LogP contribution in [0.4, 0.5) is 5.69 Å². The number of rotatable bonds is 7. The zero-order valence-corrected chi connectivity index (χ0v) is 17.2. The van der Waals surface area contributed by atoms with Crippen LogP contribution in [0.5, 0.6) is 0 Å². The van der Waals surface area contributed by atoms with Crippen LogP contribution in [-0.2, 0) is 9.53 Å². The molecule has 0 aliphatic rings. The van der Waals surface area contributed by atoms with Crippen molar-refractivity contribution in [2.45, 2.75) is 13.3 Å². The highest BCUT2D eigenvalue weighted by Crippen LogP contribution is 2.22. The highest BCUT2D eigenvalue weighted by molar-refractivity contribution is 9.10. The molecule has 0 aliphatic carbocycles. The molecule has 2 N–H and O–H groups in total. The molecule has 2 rings (SSSR count). The van der Waals surface area contributed by atoms with Crippen molar-refractivity contribution in [1.29, 1.82) is 0 Å². The molecule has 0 aromatic heterocycles. The number of amides is 2. The van der Waals surface area contributed by atoms with E-state index in [-0.39, 0.29) is 17.4 Å². The number of esters is 1. The summed E-state index contributed by atoms with van der Waals surface area (Å²) in [6.07, 6.45) is 3.69. The summed E-state index contributed by atoms with van der Waals surface area (Å²) >= 11 is 3.32. The summed E-state index contributed by atoms with van der Waals surface area (Å²) in [4.78, 5) is 36.0. The van der Waals surface area contributed by atoms with E-state index in [9.17, 15) is 14.4 Å². The van der Waals surface area contributed by atoms with Crippen LogP contribution in [-0.4, -0.2) is 31.4 Å². The van der Waals surface area contributed by atoms with Gasteiger partial charge in [0.15, 0.2) is 0 Å². The average molecular weight is 445 g/mol. The molecule has 0 saturated carbocycles. The molecule has 0 aliphatic heterocycles. The zero-order valence-electron chi connectivity index (χ0n) is 15.6. The van der Waals surface area contributed by atoms with Gasteiger partial charge in [-0.25, -0.2) is 4.79 Å². The summed E-state index contributed by atoms with van der Waals surface area (Å²) in [6.45, 7) is 2.22. The van der Waals surface area contributed by atoms with Crippen molar-refractivity contribution in [3.05, 3.63) is 69.7 Å². The molecule has 0 spiro atoms. The van der Waals surface area contributed by atoms with E-state index in [1.165, 1.54) is 6.08 Å². The molecule has 0 heterocycles. The summed E-state index contributed by atoms with van der Waals surface area (Å²) in [7, 11) is 1.56. The first-order valence-corrected chi connectivity index (χ1v) is 9.51. The number of nitrogens with one attached hydrogen (secondary N) is 2. The van der Waals surface area contributed by atoms with Gasteiger partial charge in [0.1, 0.15) is 0 Å². The van der Waals surface area contributed by atoms with Gasteiger partial charge in [0, 0.05) is 23.2 Å². The number of carbonyl (C=O) groups is 3. The third kappa shape index (κ3) is 6.06. The summed E-state index contributed by atoms with van der Waals surface area (Å²) in [5.41, 5.74) is 1.95. The van der Waals surface area contributed by atoms with E-state index in [0.29, 0.717) is 28.8 Å². The second kappa shape index (κ2) is 10.4. The van der Waals surface area contributed by atoms with E-state index in [2.05, 4.69) is 26.6 Å². The minimum absolute atomic E-state index is 0.175. The van der Waals surface area contributed by atoms with Crippen LogP contribution in [0, 0.1) is 0 Å². The fraction of sp³-hybridized carbons (Fsp3) is 0.190. The van der Waals surface area contributed by atoms with E-state index in [0.717, 1.165) is 5.56 Å². The van der Waals surface area contributed by atoms with Gasteiger partial charge < -0.3 is 15.4 Å². The molecule has 2 amide bonds. The van der Waals surface area contributed by atoms with Crippen LogP contribution in [0.15, 0.2) is 53.0 Å². The molecule has 0 fully saturated rings. The Labute approximate surface area is 172 Å². The maximum absolute atomic E-state index is 12.3. The smallest absolute Gasteiger partial charge is 0.340 e. The number of halogens is 1. The van der Waals surface area contributed by atoms with Gasteiger partial charge in [0.2, 0.25) is 5.91 Å². The second-order valence-electron chi connectivity index (χ2n) is 5.85. The fourth-order valence-electron chi connectivity index (χ4n) is 2.30. The molecule has 2 aromatic carbocycles. The normalized spacial score (nSPS) is 10.5. The molecule has 0 bridgehead atoms. The van der Waals surface area contributed by atoms with E-state index in [1.54, 1.807) is 55.6 Å². The largest absolute Gasteiger partial charge is 0.462 e. The first-order valence-electron chi connectivity index (χ1n) is 8.72. The molecule has 0 saturated heterocycles. The van der Waals surface area contributed by atoms with Crippen molar-refractivity contribution in [3.8, 4) is 0 Å². The highest BCUT2D eigenvalue weighted by Gasteiger charge is 2.14. The molecule has 6 nitrogen and oxygen atoms in total. The Morgan fingerprint density at radius 2 is 1.82 bits per heavy atom. The van der Waals surface area contributed by atoms with Gasteiger partial charge in [-0.05, 0) is 48.4 Å². The Morgan fingerprint density at radius 1 is 1.11 bits per heavy atom. The summed E-state index contributed by atoms with van der Waals surface area (Å²) in [5, 5.41) is 5.24. The predicted octanol–water partition coefficient (Wildman–Crippen LogP) is 4.03. The van der Waals surface area contributed by atoms with E-state index < -0.39 is 5.97 Å². The summed E-state index contributed by atoms with van der Waals surface area (Å²) < 4.78 is 5.87. The molecule has 0 radical (unpaired) electrons. The monoisotopic (exact) mass is 444 g/mol. The average Bonchev–Trinajstić information content (AvgIpc) is 2.71. The first-order chi connectivity index (χ1) is 13.4. The molecule has 7 heteroatoms. The lowest BCUT2D eigenvalue weighted by atomic mass is 10.1. The van der Waals surface area contributed by atoms with Gasteiger partial charge in [0.05, 0.1) is 17.9 Å². The quantitative estimate of drug-likeness (QED) is 0.498. The van der Waals surface area contributed by atoms with Crippen molar-refractivity contribution in [2.24, 2.45) is 0 Å². The minimum atomic E-state index is -0.493. The molecule has 28 heavy (non-hydrogen) atoms. The van der Waals surface area contributed by atoms with E-state index in [4.69, 9.17) is 4.74 Å². The molecular weight excluding hydrogens is 424 g/mol. The number of ether oxygens (including phenoxy) is 1. The second-order valence-corrected chi connectivity index (χ2v) is 6.77. The van der Waals surface area contributed by atoms with Crippen molar-refractivity contribution < 1.29 is 19.1 Å². The standard InChI is InChI=1S/C21H21BrN2O4/c1-3-12-28-21(27)17-13-16(22)9-10-18(17)24-19(25)11-6-14-4-7-15(8-5-14)20(26)23-2/h4-11,13H,3,12H2,1-2H3,(H,23,26)(H,24,25)/b11-6+. The Balaban J connectivity index is 2.09. The zero-order chi connectivity index (χ0) is 20.5. The van der Waals surface area contributed by atoms with Crippen molar-refractivity contribution >= 4 is 45.5 Å². The van der Waals surface area contributed by atoms with Crippen molar-refractivity contribution in [2.75, 3.05) is 19.0 Å². The number of benzene rings is 2. The van der Waals surface area contributed by atoms with Crippen molar-refractivity contribution in [3.63, 3.8) is 0 Å². The van der Waals surface area contributed by atoms with Crippen LogP contribution in [0.2, 0.25) is 0 Å². The third-order valence-corrected chi connectivity index (χ3v) is 4.22. The number of carbonyl (C=O) groups excluding carboxylic acids is 3. The number of anilines is 1. The molecule has 2 aromatic rings. The first kappa shape index (κ1) is 21.4. The highest BCUT2D eigenvalue weighted by atomic mass is 79.9. The molecule has 0 atom stereocenters. The Morgan fingerprint density at radius 3 is 2.46 bits per heavy atom. The Kier molecular flexibility index (Phi) is 7.95. The van der Waals surface area contributed by atoms with Crippen LogP contribution < -0.4 is 10.6 Å². The molecule has 146 valence electrons. The lowest BCUT2D eigenvalue weighted by Crippen LogP contribution is -2.17. The molecular formula is C21H21BrN2O4. The maximum atomic E-state index is 12.3. The van der Waals surface area contributed by atoms with Gasteiger partial charge in [0.25, 0.3) is 5.91 Å². The Hall–Kier alpha value is -2.93. The van der Waals surface area contributed by atoms with Gasteiger partial charge in [-0.15, -0.1) is 0 Å². The lowest BCUT2D eigenvalue weighted by molar-refractivity contribution is -0.111. The summed E-state index contributed by atoms with van der Waals surface area (Å²) in [5.74, 6) is -1.06. The lowest BCUT2D eigenvalue weighted by Gasteiger charge is -2.10. The number of hydrogen-bond donors (Lipinski definition) is 2. The predicted molar refractivity (Wildman–Crippen MR) is 112 cm³/mol. The third-order valence-electron chi connectivity index (χ3n) is 3.72. The fourth-order valence-corrected chi connectivity index (χ4v) is 2.66. The van der Waals surface area contributed by atoms with Gasteiger partial charge in [-0.2, -0.15) is 0 Å². The van der Waals surface area contributed by atoms with Crippen LogP contribution in [0.3, 0.4) is 0 Å². The summed E-state index contributed by atoms with van der Waals surface area (Å²) in [6, 6.07) is 11.8. The van der Waals surface area contributed by atoms with Gasteiger partial charge in [-0.3, -0.25) is 9.59 Å². The Bertz CT molecular complexity index is 892.